The van der Waals surface area contributed by atoms with Crippen LogP contribution in [0.2, 0.25) is 0 Å². The highest BCUT2D eigenvalue weighted by Crippen LogP contribution is 2.09. The van der Waals surface area contributed by atoms with Gasteiger partial charge in [-0.05, 0) is 30.2 Å². The number of nitrogens with one attached hydrogen (secondary N) is 1. The van der Waals surface area contributed by atoms with Gasteiger partial charge in [-0.25, -0.2) is 0 Å². The van der Waals surface area contributed by atoms with E-state index in [0.717, 1.165) is 22.6 Å². The van der Waals surface area contributed by atoms with Gasteiger partial charge in [-0.1, -0.05) is 11.4 Å². The molecule has 0 saturated carbocycles. The van der Waals surface area contributed by atoms with E-state index >= 15 is 0 Å². The summed E-state index contributed by atoms with van der Waals surface area (Å²) in [5.74, 6) is 0. The van der Waals surface area contributed by atoms with E-state index in [4.69, 9.17) is 12.2 Å². The summed E-state index contributed by atoms with van der Waals surface area (Å²) in [6, 6.07) is 0. The maximum atomic E-state index is 5.18. The molecule has 6 heteroatoms. The molecule has 2 aromatic heterocycles. The van der Waals surface area contributed by atoms with E-state index in [9.17, 15) is 0 Å². The summed E-state index contributed by atoms with van der Waals surface area (Å²) in [6.45, 7) is 2.88. The van der Waals surface area contributed by atoms with Crippen molar-refractivity contribution in [3.63, 3.8) is 0 Å². The van der Waals surface area contributed by atoms with E-state index in [1.165, 1.54) is 17.2 Å². The minimum Gasteiger partial charge on any atom is -0.337 e. The lowest BCUT2D eigenvalue weighted by atomic mass is 10.3. The van der Waals surface area contributed by atoms with Crippen molar-refractivity contribution >= 4 is 23.8 Å². The Morgan fingerprint density at radius 3 is 3.14 bits per heavy atom. The smallest absolute Gasteiger partial charge is 0.177 e. The zero-order chi connectivity index (χ0) is 9.97. The Morgan fingerprint density at radius 2 is 2.50 bits per heavy atom. The Bertz CT molecular complexity index is 454. The van der Waals surface area contributed by atoms with Crippen LogP contribution in [0.1, 0.15) is 17.5 Å². The quantitative estimate of drug-likeness (QED) is 0.814. The molecule has 0 bridgehead atoms. The third-order valence-corrected chi connectivity index (χ3v) is 3.02. The summed E-state index contributed by atoms with van der Waals surface area (Å²) < 4.78 is 6.66. The summed E-state index contributed by atoms with van der Waals surface area (Å²) in [4.78, 5) is 4.16. The van der Waals surface area contributed by atoms with Gasteiger partial charge in [-0.3, -0.25) is 0 Å². The standard InChI is InChI=1S/C8H10N4S2/c1-2-6-3-9-8(13)12(6)5-7-4-10-11-14-7/h3-4H,2,5H2,1H3,(H,9,13). The second kappa shape index (κ2) is 4.02. The summed E-state index contributed by atoms with van der Waals surface area (Å²) in [7, 11) is 0. The summed E-state index contributed by atoms with van der Waals surface area (Å²) >= 11 is 6.59. The average molecular weight is 226 g/mol. The molecule has 74 valence electrons. The molecule has 2 rings (SSSR count). The SMILES string of the molecule is CCc1c[nH]c(=S)n1Cc1cnns1. The van der Waals surface area contributed by atoms with Gasteiger partial charge in [0.1, 0.15) is 0 Å². The number of aromatic amines is 1. The number of hydrogen-bond acceptors (Lipinski definition) is 4. The summed E-state index contributed by atoms with van der Waals surface area (Å²) in [6.07, 6.45) is 4.70. The van der Waals surface area contributed by atoms with Crippen LogP contribution in [-0.2, 0) is 13.0 Å². The fourth-order valence-corrected chi connectivity index (χ4v) is 2.03. The van der Waals surface area contributed by atoms with Crippen LogP contribution in [-0.4, -0.2) is 19.1 Å². The van der Waals surface area contributed by atoms with Crippen LogP contribution in [0.3, 0.4) is 0 Å². The lowest BCUT2D eigenvalue weighted by Gasteiger charge is -2.03. The molecule has 0 aliphatic rings. The maximum Gasteiger partial charge on any atom is 0.177 e. The molecule has 0 aliphatic heterocycles. The van der Waals surface area contributed by atoms with Gasteiger partial charge in [-0.15, -0.1) is 5.10 Å². The molecule has 0 radical (unpaired) electrons. The fourth-order valence-electron chi connectivity index (χ4n) is 1.31. The predicted octanol–water partition coefficient (Wildman–Crippen LogP) is 2.01. The topological polar surface area (TPSA) is 46.5 Å². The molecule has 0 spiro atoms. The first-order valence-corrected chi connectivity index (χ1v) is 5.52. The first-order valence-electron chi connectivity index (χ1n) is 4.34. The molecule has 0 saturated heterocycles. The number of rotatable bonds is 3. The van der Waals surface area contributed by atoms with Crippen molar-refractivity contribution in [2.45, 2.75) is 19.9 Å². The normalized spacial score (nSPS) is 10.6. The highest BCUT2D eigenvalue weighted by Gasteiger charge is 2.04. The molecule has 2 aromatic rings. The van der Waals surface area contributed by atoms with E-state index in [2.05, 4.69) is 26.1 Å². The van der Waals surface area contributed by atoms with Crippen LogP contribution in [0.5, 0.6) is 0 Å². The van der Waals surface area contributed by atoms with E-state index in [1.807, 2.05) is 6.20 Å². The Kier molecular flexibility index (Phi) is 2.74. The summed E-state index contributed by atoms with van der Waals surface area (Å²) in [5, 5.41) is 3.80. The molecule has 0 atom stereocenters. The Hall–Kier alpha value is -1.01. The van der Waals surface area contributed by atoms with Gasteiger partial charge in [0.2, 0.25) is 0 Å². The molecular formula is C8H10N4S2. The molecular weight excluding hydrogens is 216 g/mol. The van der Waals surface area contributed by atoms with E-state index in [-0.39, 0.29) is 0 Å². The minimum absolute atomic E-state index is 0.759. The number of aryl methyl sites for hydroxylation is 1. The monoisotopic (exact) mass is 226 g/mol. The number of H-pyrrole nitrogens is 1. The Morgan fingerprint density at radius 1 is 1.64 bits per heavy atom. The van der Waals surface area contributed by atoms with Crippen molar-refractivity contribution in [2.75, 3.05) is 0 Å². The van der Waals surface area contributed by atoms with Crippen molar-refractivity contribution in [1.82, 2.24) is 19.1 Å². The zero-order valence-corrected chi connectivity index (χ0v) is 9.36. The van der Waals surface area contributed by atoms with Gasteiger partial charge in [-0.2, -0.15) is 0 Å². The first-order chi connectivity index (χ1) is 6.81. The Balaban J connectivity index is 2.32. The lowest BCUT2D eigenvalue weighted by molar-refractivity contribution is 0.744. The van der Waals surface area contributed by atoms with E-state index in [1.54, 1.807) is 6.20 Å². The number of nitrogens with zero attached hydrogens (tertiary/aromatic N) is 3. The van der Waals surface area contributed by atoms with Gasteiger partial charge in [0.05, 0.1) is 17.6 Å². The van der Waals surface area contributed by atoms with Crippen LogP contribution >= 0.6 is 23.8 Å². The van der Waals surface area contributed by atoms with Crippen molar-refractivity contribution < 1.29 is 0 Å². The predicted molar refractivity (Wildman–Crippen MR) is 58.0 cm³/mol. The number of imidazole rings is 1. The van der Waals surface area contributed by atoms with Gasteiger partial charge in [0.15, 0.2) is 4.77 Å². The highest BCUT2D eigenvalue weighted by atomic mass is 32.1. The third kappa shape index (κ3) is 1.76. The van der Waals surface area contributed by atoms with Gasteiger partial charge >= 0.3 is 0 Å². The minimum atomic E-state index is 0.759. The number of hydrogen-bond donors (Lipinski definition) is 1. The molecule has 4 nitrogen and oxygen atoms in total. The van der Waals surface area contributed by atoms with Crippen molar-refractivity contribution in [1.29, 1.82) is 0 Å². The second-order valence-electron chi connectivity index (χ2n) is 2.91. The molecule has 0 aliphatic carbocycles. The number of aromatic nitrogens is 4. The molecule has 0 aromatic carbocycles. The lowest BCUT2D eigenvalue weighted by Crippen LogP contribution is -2.02. The van der Waals surface area contributed by atoms with Gasteiger partial charge in [0.25, 0.3) is 0 Å². The first kappa shape index (κ1) is 9.54. The molecule has 0 fully saturated rings. The van der Waals surface area contributed by atoms with Crippen LogP contribution in [0.15, 0.2) is 12.4 Å². The van der Waals surface area contributed by atoms with Crippen LogP contribution in [0.25, 0.3) is 0 Å². The molecule has 0 unspecified atom stereocenters. The van der Waals surface area contributed by atoms with Crippen LogP contribution in [0.4, 0.5) is 0 Å². The second-order valence-corrected chi connectivity index (χ2v) is 4.17. The van der Waals surface area contributed by atoms with Crippen molar-refractivity contribution in [3.05, 3.63) is 27.7 Å². The largest absolute Gasteiger partial charge is 0.337 e. The molecule has 1 N–H and O–H groups in total. The van der Waals surface area contributed by atoms with Gasteiger partial charge in [0, 0.05) is 11.9 Å². The average Bonchev–Trinajstić information content (AvgIpc) is 2.79. The molecule has 2 heterocycles. The molecule has 14 heavy (non-hydrogen) atoms. The van der Waals surface area contributed by atoms with E-state index < -0.39 is 0 Å². The van der Waals surface area contributed by atoms with Crippen molar-refractivity contribution in [3.8, 4) is 0 Å². The maximum absolute atomic E-state index is 5.18. The van der Waals surface area contributed by atoms with Gasteiger partial charge < -0.3 is 9.55 Å². The summed E-state index contributed by atoms with van der Waals surface area (Å²) in [5.41, 5.74) is 1.21. The van der Waals surface area contributed by atoms with Crippen molar-refractivity contribution in [2.24, 2.45) is 0 Å². The molecule has 0 amide bonds. The zero-order valence-electron chi connectivity index (χ0n) is 7.73. The Labute approximate surface area is 90.8 Å². The van der Waals surface area contributed by atoms with E-state index in [0.29, 0.717) is 0 Å². The van der Waals surface area contributed by atoms with Crippen LogP contribution in [0, 0.1) is 4.77 Å². The van der Waals surface area contributed by atoms with Crippen LogP contribution < -0.4 is 0 Å². The highest BCUT2D eigenvalue weighted by molar-refractivity contribution is 7.71. The fraction of sp³-hybridized carbons (Fsp3) is 0.375. The third-order valence-electron chi connectivity index (χ3n) is 2.04.